The van der Waals surface area contributed by atoms with Crippen molar-refractivity contribution in [3.63, 3.8) is 0 Å². The van der Waals surface area contributed by atoms with E-state index in [4.69, 9.17) is 0 Å². The quantitative estimate of drug-likeness (QED) is 0.338. The summed E-state index contributed by atoms with van der Waals surface area (Å²) in [7, 11) is -6.02. The van der Waals surface area contributed by atoms with E-state index in [0.717, 1.165) is 6.92 Å². The van der Waals surface area contributed by atoms with Crippen LogP contribution < -0.4 is 0 Å². The Balaban J connectivity index is 6.10. The lowest BCUT2D eigenvalue weighted by atomic mass is 10.1. The second-order valence-electron chi connectivity index (χ2n) is 3.69. The molecule has 0 saturated carbocycles. The molecule has 0 atom stereocenters. The van der Waals surface area contributed by atoms with Crippen LogP contribution in [-0.2, 0) is 19.6 Å². The first kappa shape index (κ1) is 18.7. The normalized spacial score (nSPS) is 14.0. The van der Waals surface area contributed by atoms with Gasteiger partial charge in [0.05, 0.1) is 15.9 Å². The smallest absolute Gasteiger partial charge is 0.438 e. The molecule has 0 aliphatic carbocycles. The fourth-order valence-electron chi connectivity index (χ4n) is 0.964. The van der Waals surface area contributed by atoms with Gasteiger partial charge in [-0.05, 0) is 6.92 Å². The molecule has 0 aromatic rings. The van der Waals surface area contributed by atoms with Crippen LogP contribution in [0.2, 0.25) is 0 Å². The number of alkyl halides is 6. The summed E-state index contributed by atoms with van der Waals surface area (Å²) < 4.78 is 110. The van der Waals surface area contributed by atoms with Gasteiger partial charge in [-0.25, -0.2) is 13.2 Å². The van der Waals surface area contributed by atoms with Gasteiger partial charge in [0.25, 0.3) is 0 Å². The number of esters is 1. The zero-order valence-corrected chi connectivity index (χ0v) is 10.4. The van der Waals surface area contributed by atoms with Crippen LogP contribution in [0.3, 0.4) is 0 Å². The van der Waals surface area contributed by atoms with Gasteiger partial charge >= 0.3 is 23.9 Å². The van der Waals surface area contributed by atoms with Gasteiger partial charge in [-0.3, -0.25) is 0 Å². The van der Waals surface area contributed by atoms with Crippen molar-refractivity contribution in [3.05, 3.63) is 12.2 Å². The minimum atomic E-state index is -6.37. The maximum atomic E-state index is 12.6. The molecule has 0 aromatic heterocycles. The lowest BCUT2D eigenvalue weighted by Gasteiger charge is -2.36. The molecule has 20 heavy (non-hydrogen) atoms. The molecule has 0 spiro atoms. The van der Waals surface area contributed by atoms with Gasteiger partial charge in [-0.15, -0.1) is 0 Å². The number of ether oxygens (including phenoxy) is 1. The van der Waals surface area contributed by atoms with Gasteiger partial charge in [0.15, 0.2) is 0 Å². The second kappa shape index (κ2) is 5.24. The molecule has 12 heteroatoms. The van der Waals surface area contributed by atoms with Crippen LogP contribution in [0, 0.1) is 0 Å². The molecule has 0 aromatic carbocycles. The predicted molar refractivity (Wildman–Crippen MR) is 50.3 cm³/mol. The zero-order chi connectivity index (χ0) is 16.6. The van der Waals surface area contributed by atoms with E-state index < -0.39 is 45.4 Å². The Labute approximate surface area is 109 Å². The molecule has 0 bridgehead atoms. The minimum absolute atomic E-state index is 0.742. The molecule has 0 unspecified atom stereocenters. The van der Waals surface area contributed by atoms with Gasteiger partial charge in [0.2, 0.25) is 0 Å². The highest BCUT2D eigenvalue weighted by Crippen LogP contribution is 2.47. The Morgan fingerprint density at radius 2 is 1.50 bits per heavy atom. The van der Waals surface area contributed by atoms with Crippen LogP contribution in [0.15, 0.2) is 12.2 Å². The predicted octanol–water partition coefficient (Wildman–Crippen LogP) is 1.51. The fourth-order valence-corrected chi connectivity index (χ4v) is 1.85. The van der Waals surface area contributed by atoms with Crippen molar-refractivity contribution >= 4 is 16.1 Å². The summed E-state index contributed by atoms with van der Waals surface area (Å²) in [5.41, 5.74) is -6.29. The maximum Gasteiger partial charge on any atom is 0.438 e. The summed E-state index contributed by atoms with van der Waals surface area (Å²) in [6, 6.07) is 0. The van der Waals surface area contributed by atoms with Gasteiger partial charge in [0.1, 0.15) is 0 Å². The van der Waals surface area contributed by atoms with E-state index in [1.165, 1.54) is 0 Å². The summed E-state index contributed by atoms with van der Waals surface area (Å²) in [4.78, 5) is 10.9. The average Bonchev–Trinajstić information content (AvgIpc) is 2.10. The van der Waals surface area contributed by atoms with Crippen molar-refractivity contribution in [1.29, 1.82) is 0 Å². The maximum absolute atomic E-state index is 12.6. The molecule has 118 valence electrons. The Kier molecular flexibility index (Phi) is 4.90. The molecular formula is C8H7F6O5S-. The van der Waals surface area contributed by atoms with E-state index in [2.05, 4.69) is 11.3 Å². The third-order valence-corrected chi connectivity index (χ3v) is 2.67. The standard InChI is InChI=1S/C8H8F6O5S/c1-4(2)5(15)19-6(7(9,10)11,8(12,13)14)3-20(16,17)18/h1,3H2,2H3,(H,16,17,18)/p-1. The highest BCUT2D eigenvalue weighted by Gasteiger charge is 2.75. The monoisotopic (exact) mass is 329 g/mol. The van der Waals surface area contributed by atoms with Crippen molar-refractivity contribution < 1.29 is 48.8 Å². The topological polar surface area (TPSA) is 83.5 Å². The third kappa shape index (κ3) is 4.10. The SMILES string of the molecule is C=C(C)C(=O)OC(CS(=O)(=O)[O-])(C(F)(F)F)C(F)(F)F. The van der Waals surface area contributed by atoms with E-state index in [-0.39, 0.29) is 0 Å². The Morgan fingerprint density at radius 1 is 1.15 bits per heavy atom. The van der Waals surface area contributed by atoms with Crippen LogP contribution in [0.5, 0.6) is 0 Å². The third-order valence-electron chi connectivity index (χ3n) is 1.91. The van der Waals surface area contributed by atoms with E-state index in [1.807, 2.05) is 0 Å². The molecule has 0 fully saturated rings. The van der Waals surface area contributed by atoms with E-state index in [1.54, 1.807) is 0 Å². The van der Waals surface area contributed by atoms with Crippen LogP contribution in [-0.4, -0.2) is 42.6 Å². The van der Waals surface area contributed by atoms with Gasteiger partial charge < -0.3 is 9.29 Å². The molecule has 0 radical (unpaired) electrons. The number of carbonyl (C=O) groups is 1. The number of hydrogen-bond donors (Lipinski definition) is 0. The summed E-state index contributed by atoms with van der Waals surface area (Å²) in [5.74, 6) is -5.16. The summed E-state index contributed by atoms with van der Waals surface area (Å²) in [6.45, 7) is 3.50. The molecular weight excluding hydrogens is 322 g/mol. The highest BCUT2D eigenvalue weighted by molar-refractivity contribution is 7.85. The number of hydrogen-bond acceptors (Lipinski definition) is 5. The summed E-state index contributed by atoms with van der Waals surface area (Å²) >= 11 is 0. The first-order valence-corrected chi connectivity index (χ1v) is 6.07. The molecule has 0 heterocycles. The van der Waals surface area contributed by atoms with E-state index >= 15 is 0 Å². The zero-order valence-electron chi connectivity index (χ0n) is 9.63. The van der Waals surface area contributed by atoms with Crippen molar-refractivity contribution in [2.45, 2.75) is 24.9 Å². The first-order chi connectivity index (χ1) is 8.53. The van der Waals surface area contributed by atoms with Crippen LogP contribution in [0.25, 0.3) is 0 Å². The van der Waals surface area contributed by atoms with E-state index in [0.29, 0.717) is 0 Å². The average molecular weight is 329 g/mol. The molecule has 0 aliphatic rings. The second-order valence-corrected chi connectivity index (χ2v) is 5.10. The van der Waals surface area contributed by atoms with Crippen molar-refractivity contribution in [1.82, 2.24) is 0 Å². The number of halogens is 6. The molecule has 0 saturated heterocycles. The molecule has 5 nitrogen and oxygen atoms in total. The van der Waals surface area contributed by atoms with Crippen LogP contribution >= 0.6 is 0 Å². The summed E-state index contributed by atoms with van der Waals surface area (Å²) in [6.07, 6.45) is -12.7. The lowest BCUT2D eigenvalue weighted by molar-refractivity contribution is -0.360. The van der Waals surface area contributed by atoms with Crippen molar-refractivity contribution in [2.24, 2.45) is 0 Å². The lowest BCUT2D eigenvalue weighted by Crippen LogP contribution is -2.63. The van der Waals surface area contributed by atoms with E-state index in [9.17, 15) is 44.1 Å². The summed E-state index contributed by atoms with van der Waals surface area (Å²) in [5, 5.41) is 0. The first-order valence-electron chi connectivity index (χ1n) is 4.49. The highest BCUT2D eigenvalue weighted by atomic mass is 32.2. The van der Waals surface area contributed by atoms with Gasteiger partial charge in [-0.1, -0.05) is 6.58 Å². The number of carbonyl (C=O) groups excluding carboxylic acids is 1. The molecule has 0 rings (SSSR count). The van der Waals surface area contributed by atoms with Gasteiger partial charge in [0, 0.05) is 5.57 Å². The molecule has 0 aliphatic heterocycles. The minimum Gasteiger partial charge on any atom is -0.748 e. The Morgan fingerprint density at radius 3 is 1.70 bits per heavy atom. The fraction of sp³-hybridized carbons (Fsp3) is 0.625. The van der Waals surface area contributed by atoms with Crippen LogP contribution in [0.1, 0.15) is 6.92 Å². The van der Waals surface area contributed by atoms with Gasteiger partial charge in [-0.2, -0.15) is 26.3 Å². The van der Waals surface area contributed by atoms with Crippen molar-refractivity contribution in [3.8, 4) is 0 Å². The van der Waals surface area contributed by atoms with Crippen molar-refractivity contribution in [2.75, 3.05) is 5.75 Å². The molecule has 0 N–H and O–H groups in total. The Bertz CT molecular complexity index is 488. The largest absolute Gasteiger partial charge is 0.748 e. The van der Waals surface area contributed by atoms with Crippen LogP contribution in [0.4, 0.5) is 26.3 Å². The number of rotatable bonds is 4. The Hall–Kier alpha value is -1.30. The molecule has 0 amide bonds.